The summed E-state index contributed by atoms with van der Waals surface area (Å²) in [6, 6.07) is 16.5. The Morgan fingerprint density at radius 2 is 1.83 bits per heavy atom. The Hall–Kier alpha value is -2.59. The van der Waals surface area contributed by atoms with E-state index in [9.17, 15) is 9.59 Å². The van der Waals surface area contributed by atoms with Crippen LogP contribution in [-0.2, 0) is 9.59 Å². The molecule has 0 aliphatic carbocycles. The molecule has 4 nitrogen and oxygen atoms in total. The van der Waals surface area contributed by atoms with Gasteiger partial charge in [0.1, 0.15) is 0 Å². The van der Waals surface area contributed by atoms with E-state index in [2.05, 4.69) is 5.32 Å². The van der Waals surface area contributed by atoms with Crippen LogP contribution in [0.15, 0.2) is 60.7 Å². The van der Waals surface area contributed by atoms with Gasteiger partial charge in [0.15, 0.2) is 0 Å². The summed E-state index contributed by atoms with van der Waals surface area (Å²) < 4.78 is 0. The van der Waals surface area contributed by atoms with Crippen LogP contribution in [0.1, 0.15) is 12.0 Å². The lowest BCUT2D eigenvalue weighted by atomic mass is 10.2. The second-order valence-corrected chi connectivity index (χ2v) is 6.07. The number of hydrogen-bond acceptors (Lipinski definition) is 2. The first-order valence-corrected chi connectivity index (χ1v) is 8.09. The number of hydrogen-bond donors (Lipinski definition) is 1. The smallest absolute Gasteiger partial charge is 0.244 e. The van der Waals surface area contributed by atoms with Crippen molar-refractivity contribution in [3.63, 3.8) is 0 Å². The van der Waals surface area contributed by atoms with Crippen LogP contribution in [0.4, 0.5) is 5.69 Å². The first-order chi connectivity index (χ1) is 11.6. The summed E-state index contributed by atoms with van der Waals surface area (Å²) in [5.41, 5.74) is 1.75. The zero-order chi connectivity index (χ0) is 16.9. The van der Waals surface area contributed by atoms with Crippen LogP contribution in [0.3, 0.4) is 0 Å². The van der Waals surface area contributed by atoms with Gasteiger partial charge >= 0.3 is 0 Å². The Balaban J connectivity index is 1.59. The molecule has 1 aliphatic rings. The Morgan fingerprint density at radius 3 is 2.54 bits per heavy atom. The van der Waals surface area contributed by atoms with E-state index in [1.165, 1.54) is 6.08 Å². The summed E-state index contributed by atoms with van der Waals surface area (Å²) >= 11 is 5.87. The minimum absolute atomic E-state index is 0.00494. The highest BCUT2D eigenvalue weighted by Crippen LogP contribution is 2.23. The number of nitrogens with one attached hydrogen (secondary N) is 1. The van der Waals surface area contributed by atoms with Crippen LogP contribution in [0, 0.1) is 0 Å². The van der Waals surface area contributed by atoms with Crippen molar-refractivity contribution in [2.24, 2.45) is 0 Å². The van der Waals surface area contributed by atoms with Crippen LogP contribution in [-0.4, -0.2) is 24.4 Å². The molecule has 1 heterocycles. The SMILES string of the molecule is O=C(C=Cc1ccccc1)NC1CC(=O)N(c2ccc(Cl)cc2)C1. The van der Waals surface area contributed by atoms with Crippen LogP contribution >= 0.6 is 11.6 Å². The number of rotatable bonds is 4. The van der Waals surface area contributed by atoms with Gasteiger partial charge in [0.05, 0.1) is 6.04 Å². The molecule has 0 saturated carbocycles. The molecule has 1 saturated heterocycles. The molecule has 0 bridgehead atoms. The van der Waals surface area contributed by atoms with E-state index >= 15 is 0 Å². The average molecular weight is 341 g/mol. The Labute approximate surface area is 145 Å². The number of carbonyl (C=O) groups excluding carboxylic acids is 2. The van der Waals surface area contributed by atoms with Gasteiger partial charge < -0.3 is 10.2 Å². The van der Waals surface area contributed by atoms with Crippen LogP contribution < -0.4 is 10.2 Å². The number of nitrogens with zero attached hydrogens (tertiary/aromatic N) is 1. The molecule has 1 atom stereocenters. The van der Waals surface area contributed by atoms with Crippen molar-refractivity contribution in [1.29, 1.82) is 0 Å². The van der Waals surface area contributed by atoms with E-state index < -0.39 is 0 Å². The van der Waals surface area contributed by atoms with E-state index in [4.69, 9.17) is 11.6 Å². The van der Waals surface area contributed by atoms with Gasteiger partial charge in [-0.2, -0.15) is 0 Å². The van der Waals surface area contributed by atoms with Gasteiger partial charge in [0.25, 0.3) is 0 Å². The summed E-state index contributed by atoms with van der Waals surface area (Å²) in [6.07, 6.45) is 3.54. The summed E-state index contributed by atoms with van der Waals surface area (Å²) in [4.78, 5) is 25.8. The Bertz CT molecular complexity index is 757. The molecular weight excluding hydrogens is 324 g/mol. The molecule has 2 aromatic carbocycles. The van der Waals surface area contributed by atoms with Crippen molar-refractivity contribution >= 4 is 35.2 Å². The van der Waals surface area contributed by atoms with Crippen molar-refractivity contribution < 1.29 is 9.59 Å². The van der Waals surface area contributed by atoms with Crippen LogP contribution in [0.25, 0.3) is 6.08 Å². The number of benzene rings is 2. The molecule has 1 fully saturated rings. The van der Waals surface area contributed by atoms with Crippen LogP contribution in [0.2, 0.25) is 5.02 Å². The predicted molar refractivity (Wildman–Crippen MR) is 95.8 cm³/mol. The maximum absolute atomic E-state index is 12.2. The number of carbonyl (C=O) groups is 2. The van der Waals surface area contributed by atoms with Crippen molar-refractivity contribution in [3.8, 4) is 0 Å². The van der Waals surface area contributed by atoms with E-state index in [-0.39, 0.29) is 17.9 Å². The summed E-state index contributed by atoms with van der Waals surface area (Å²) in [5.74, 6) is -0.204. The second-order valence-electron chi connectivity index (χ2n) is 5.63. The van der Waals surface area contributed by atoms with Gasteiger partial charge in [-0.15, -0.1) is 0 Å². The molecule has 0 aromatic heterocycles. The molecule has 122 valence electrons. The fourth-order valence-corrected chi connectivity index (χ4v) is 2.79. The molecule has 0 radical (unpaired) electrons. The van der Waals surface area contributed by atoms with Gasteiger partial charge in [-0.1, -0.05) is 41.9 Å². The first kappa shape index (κ1) is 16.3. The maximum Gasteiger partial charge on any atom is 0.244 e. The lowest BCUT2D eigenvalue weighted by Crippen LogP contribution is -2.36. The highest BCUT2D eigenvalue weighted by Gasteiger charge is 2.31. The molecule has 1 N–H and O–H groups in total. The van der Waals surface area contributed by atoms with Gasteiger partial charge in [0, 0.05) is 29.8 Å². The van der Waals surface area contributed by atoms with E-state index in [0.29, 0.717) is 18.0 Å². The monoisotopic (exact) mass is 340 g/mol. The van der Waals surface area contributed by atoms with Gasteiger partial charge in [-0.25, -0.2) is 0 Å². The van der Waals surface area contributed by atoms with Crippen molar-refractivity contribution in [2.45, 2.75) is 12.5 Å². The van der Waals surface area contributed by atoms with Crippen molar-refractivity contribution in [3.05, 3.63) is 71.3 Å². The Morgan fingerprint density at radius 1 is 1.12 bits per heavy atom. The second kappa shape index (κ2) is 7.32. The highest BCUT2D eigenvalue weighted by molar-refractivity contribution is 6.30. The lowest BCUT2D eigenvalue weighted by molar-refractivity contribution is -0.117. The average Bonchev–Trinajstić information content (AvgIpc) is 2.95. The molecule has 5 heteroatoms. The third-order valence-corrected chi connectivity index (χ3v) is 4.09. The fourth-order valence-electron chi connectivity index (χ4n) is 2.66. The minimum atomic E-state index is -0.199. The molecule has 1 unspecified atom stereocenters. The number of amides is 2. The third kappa shape index (κ3) is 4.03. The van der Waals surface area contributed by atoms with E-state index in [1.807, 2.05) is 30.3 Å². The van der Waals surface area contributed by atoms with Crippen molar-refractivity contribution in [1.82, 2.24) is 5.32 Å². The quantitative estimate of drug-likeness (QED) is 0.868. The summed E-state index contributed by atoms with van der Waals surface area (Å²) in [5, 5.41) is 3.50. The summed E-state index contributed by atoms with van der Waals surface area (Å²) in [7, 11) is 0. The molecule has 3 rings (SSSR count). The standard InChI is InChI=1S/C19H17ClN2O2/c20-15-7-9-17(10-8-15)22-13-16(12-19(22)24)21-18(23)11-6-14-4-2-1-3-5-14/h1-11,16H,12-13H2,(H,21,23). The largest absolute Gasteiger partial charge is 0.347 e. The van der Waals surface area contributed by atoms with Crippen LogP contribution in [0.5, 0.6) is 0 Å². The zero-order valence-electron chi connectivity index (χ0n) is 13.0. The lowest BCUT2D eigenvalue weighted by Gasteiger charge is -2.17. The molecule has 2 amide bonds. The van der Waals surface area contributed by atoms with Gasteiger partial charge in [-0.3, -0.25) is 9.59 Å². The minimum Gasteiger partial charge on any atom is -0.347 e. The molecular formula is C19H17ClN2O2. The normalized spacial score (nSPS) is 17.5. The summed E-state index contributed by atoms with van der Waals surface area (Å²) in [6.45, 7) is 0.464. The molecule has 1 aliphatic heterocycles. The number of anilines is 1. The third-order valence-electron chi connectivity index (χ3n) is 3.84. The predicted octanol–water partition coefficient (Wildman–Crippen LogP) is 3.27. The molecule has 0 spiro atoms. The van der Waals surface area contributed by atoms with Crippen molar-refractivity contribution in [2.75, 3.05) is 11.4 Å². The number of halogens is 1. The molecule has 24 heavy (non-hydrogen) atoms. The highest BCUT2D eigenvalue weighted by atomic mass is 35.5. The molecule has 2 aromatic rings. The maximum atomic E-state index is 12.2. The van der Waals surface area contributed by atoms with E-state index in [0.717, 1.165) is 11.3 Å². The van der Waals surface area contributed by atoms with E-state index in [1.54, 1.807) is 35.2 Å². The fraction of sp³-hybridized carbons (Fsp3) is 0.158. The Kier molecular flexibility index (Phi) is 4.96. The van der Waals surface area contributed by atoms with Gasteiger partial charge in [0.2, 0.25) is 11.8 Å². The topological polar surface area (TPSA) is 49.4 Å². The zero-order valence-corrected chi connectivity index (χ0v) is 13.7. The van der Waals surface area contributed by atoms with Gasteiger partial charge in [-0.05, 0) is 35.9 Å². The first-order valence-electron chi connectivity index (χ1n) is 7.71.